The van der Waals surface area contributed by atoms with Gasteiger partial charge in [0.1, 0.15) is 5.75 Å². The van der Waals surface area contributed by atoms with Crippen LogP contribution in [0, 0.1) is 0 Å². The first-order chi connectivity index (χ1) is 13.6. The van der Waals surface area contributed by atoms with Crippen molar-refractivity contribution in [3.63, 3.8) is 0 Å². The van der Waals surface area contributed by atoms with Crippen LogP contribution in [-0.4, -0.2) is 43.1 Å². The number of hydrogen-bond acceptors (Lipinski definition) is 3. The van der Waals surface area contributed by atoms with Crippen LogP contribution in [0.5, 0.6) is 5.75 Å². The van der Waals surface area contributed by atoms with Gasteiger partial charge in [-0.05, 0) is 48.0 Å². The third-order valence-electron chi connectivity index (χ3n) is 5.15. The molecule has 0 spiro atoms. The van der Waals surface area contributed by atoms with Gasteiger partial charge in [0, 0.05) is 36.9 Å². The molecule has 1 fully saturated rings. The normalized spacial score (nSPS) is 15.5. The highest BCUT2D eigenvalue weighted by molar-refractivity contribution is 6.30. The molecule has 1 atom stereocenters. The summed E-state index contributed by atoms with van der Waals surface area (Å²) in [5.41, 5.74) is 1.10. The Bertz CT molecular complexity index is 983. The standard InChI is InChI=1S/C23H23ClN2O2/c1-17(28-22-10-9-18-5-2-3-6-19(18)15-22)23(27)26-13-11-25(12-14-26)21-8-4-7-20(24)16-21/h2-10,15-17H,11-14H2,1H3/t17-/m0/s1. The van der Waals surface area contributed by atoms with Gasteiger partial charge in [-0.25, -0.2) is 0 Å². The molecule has 1 aliphatic heterocycles. The molecule has 1 amide bonds. The third-order valence-corrected chi connectivity index (χ3v) is 5.38. The van der Waals surface area contributed by atoms with Crippen molar-refractivity contribution in [2.75, 3.05) is 31.1 Å². The number of amides is 1. The molecule has 1 heterocycles. The van der Waals surface area contributed by atoms with Gasteiger partial charge >= 0.3 is 0 Å². The van der Waals surface area contributed by atoms with Crippen LogP contribution in [0.4, 0.5) is 5.69 Å². The van der Waals surface area contributed by atoms with Gasteiger partial charge in [0.25, 0.3) is 5.91 Å². The zero-order valence-corrected chi connectivity index (χ0v) is 16.6. The minimum atomic E-state index is -0.515. The summed E-state index contributed by atoms with van der Waals surface area (Å²) in [4.78, 5) is 17.0. The van der Waals surface area contributed by atoms with E-state index >= 15 is 0 Å². The molecule has 5 heteroatoms. The van der Waals surface area contributed by atoms with Gasteiger partial charge in [-0.1, -0.05) is 48.0 Å². The van der Waals surface area contributed by atoms with E-state index in [2.05, 4.69) is 17.0 Å². The van der Waals surface area contributed by atoms with Crippen LogP contribution in [0.25, 0.3) is 10.8 Å². The van der Waals surface area contributed by atoms with Crippen LogP contribution >= 0.6 is 11.6 Å². The molecule has 4 nitrogen and oxygen atoms in total. The van der Waals surface area contributed by atoms with Gasteiger partial charge < -0.3 is 14.5 Å². The zero-order chi connectivity index (χ0) is 19.5. The minimum absolute atomic E-state index is 0.0268. The van der Waals surface area contributed by atoms with E-state index in [0.717, 1.165) is 40.3 Å². The first-order valence-corrected chi connectivity index (χ1v) is 9.93. The van der Waals surface area contributed by atoms with E-state index in [9.17, 15) is 4.79 Å². The molecular formula is C23H23ClN2O2. The van der Waals surface area contributed by atoms with E-state index < -0.39 is 6.10 Å². The number of carbonyl (C=O) groups excluding carboxylic acids is 1. The lowest BCUT2D eigenvalue weighted by Gasteiger charge is -2.37. The van der Waals surface area contributed by atoms with Crippen molar-refractivity contribution in [1.82, 2.24) is 4.90 Å². The van der Waals surface area contributed by atoms with Crippen molar-refractivity contribution in [1.29, 1.82) is 0 Å². The lowest BCUT2D eigenvalue weighted by molar-refractivity contribution is -0.138. The molecule has 0 bridgehead atoms. The van der Waals surface area contributed by atoms with E-state index in [4.69, 9.17) is 16.3 Å². The second kappa shape index (κ2) is 8.11. The molecule has 1 aliphatic rings. The summed E-state index contributed by atoms with van der Waals surface area (Å²) in [6, 6.07) is 21.9. The topological polar surface area (TPSA) is 32.8 Å². The Morgan fingerprint density at radius 1 is 0.929 bits per heavy atom. The molecule has 4 rings (SSSR count). The number of rotatable bonds is 4. The average molecular weight is 395 g/mol. The third kappa shape index (κ3) is 4.07. The van der Waals surface area contributed by atoms with E-state index in [0.29, 0.717) is 13.1 Å². The van der Waals surface area contributed by atoms with Crippen molar-refractivity contribution in [2.45, 2.75) is 13.0 Å². The van der Waals surface area contributed by atoms with Crippen LogP contribution in [0.2, 0.25) is 5.02 Å². The fourth-order valence-corrected chi connectivity index (χ4v) is 3.79. The number of nitrogens with zero attached hydrogens (tertiary/aromatic N) is 2. The summed E-state index contributed by atoms with van der Waals surface area (Å²) in [6.07, 6.45) is -0.515. The Labute approximate surface area is 170 Å². The molecule has 3 aromatic carbocycles. The maximum atomic E-state index is 12.8. The van der Waals surface area contributed by atoms with Crippen LogP contribution < -0.4 is 9.64 Å². The smallest absolute Gasteiger partial charge is 0.263 e. The maximum Gasteiger partial charge on any atom is 0.263 e. The minimum Gasteiger partial charge on any atom is -0.481 e. The number of benzene rings is 3. The molecule has 28 heavy (non-hydrogen) atoms. The number of halogens is 1. The number of hydrogen-bond donors (Lipinski definition) is 0. The van der Waals surface area contributed by atoms with E-state index in [1.807, 2.05) is 66.4 Å². The van der Waals surface area contributed by atoms with Crippen molar-refractivity contribution >= 4 is 34.0 Å². The fraction of sp³-hybridized carbons (Fsp3) is 0.261. The Kier molecular flexibility index (Phi) is 5.40. The molecule has 144 valence electrons. The fourth-order valence-electron chi connectivity index (χ4n) is 3.61. The van der Waals surface area contributed by atoms with Crippen molar-refractivity contribution in [2.24, 2.45) is 0 Å². The maximum absolute atomic E-state index is 12.8. The van der Waals surface area contributed by atoms with Crippen molar-refractivity contribution < 1.29 is 9.53 Å². The molecule has 0 unspecified atom stereocenters. The SMILES string of the molecule is C[C@H](Oc1ccc2ccccc2c1)C(=O)N1CCN(c2cccc(Cl)c2)CC1. The first-order valence-electron chi connectivity index (χ1n) is 9.55. The summed E-state index contributed by atoms with van der Waals surface area (Å²) in [6.45, 7) is 4.75. The number of fused-ring (bicyclic) bond motifs is 1. The quantitative estimate of drug-likeness (QED) is 0.647. The van der Waals surface area contributed by atoms with Crippen LogP contribution in [0.3, 0.4) is 0 Å². The first kappa shape index (κ1) is 18.6. The van der Waals surface area contributed by atoms with Crippen molar-refractivity contribution in [3.8, 4) is 5.75 Å². The molecular weight excluding hydrogens is 372 g/mol. The average Bonchev–Trinajstić information content (AvgIpc) is 2.73. The predicted octanol–water partition coefficient (Wildman–Crippen LogP) is 4.61. The monoisotopic (exact) mass is 394 g/mol. The lowest BCUT2D eigenvalue weighted by Crippen LogP contribution is -2.52. The summed E-state index contributed by atoms with van der Waals surface area (Å²) in [5, 5.41) is 2.99. The van der Waals surface area contributed by atoms with Crippen molar-refractivity contribution in [3.05, 3.63) is 71.8 Å². The van der Waals surface area contributed by atoms with Gasteiger partial charge in [-0.2, -0.15) is 0 Å². The number of piperazine rings is 1. The summed E-state index contributed by atoms with van der Waals surface area (Å²) in [5.74, 6) is 0.746. The van der Waals surface area contributed by atoms with E-state index in [1.54, 1.807) is 0 Å². The molecule has 0 radical (unpaired) electrons. The zero-order valence-electron chi connectivity index (χ0n) is 15.8. The Hall–Kier alpha value is -2.72. The molecule has 3 aromatic rings. The molecule has 0 N–H and O–H groups in total. The number of anilines is 1. The highest BCUT2D eigenvalue weighted by atomic mass is 35.5. The van der Waals surface area contributed by atoms with E-state index in [-0.39, 0.29) is 5.91 Å². The number of ether oxygens (including phenoxy) is 1. The van der Waals surface area contributed by atoms with Gasteiger partial charge in [-0.15, -0.1) is 0 Å². The molecule has 0 aromatic heterocycles. The largest absolute Gasteiger partial charge is 0.481 e. The number of carbonyl (C=O) groups is 1. The Morgan fingerprint density at radius 3 is 2.43 bits per heavy atom. The summed E-state index contributed by atoms with van der Waals surface area (Å²) < 4.78 is 5.94. The van der Waals surface area contributed by atoms with Gasteiger partial charge in [0.2, 0.25) is 0 Å². The second-order valence-corrected chi connectivity index (χ2v) is 7.50. The van der Waals surface area contributed by atoms with Gasteiger partial charge in [0.15, 0.2) is 6.10 Å². The highest BCUT2D eigenvalue weighted by Gasteiger charge is 2.26. The lowest BCUT2D eigenvalue weighted by atomic mass is 10.1. The Balaban J connectivity index is 1.36. The molecule has 0 aliphatic carbocycles. The predicted molar refractivity (Wildman–Crippen MR) is 114 cm³/mol. The summed E-state index contributed by atoms with van der Waals surface area (Å²) >= 11 is 6.09. The van der Waals surface area contributed by atoms with Crippen LogP contribution in [-0.2, 0) is 4.79 Å². The van der Waals surface area contributed by atoms with Gasteiger partial charge in [0.05, 0.1) is 0 Å². The highest BCUT2D eigenvalue weighted by Crippen LogP contribution is 2.23. The second-order valence-electron chi connectivity index (χ2n) is 7.06. The molecule has 0 saturated carbocycles. The Morgan fingerprint density at radius 2 is 1.68 bits per heavy atom. The van der Waals surface area contributed by atoms with Crippen LogP contribution in [0.1, 0.15) is 6.92 Å². The molecule has 1 saturated heterocycles. The van der Waals surface area contributed by atoms with Crippen LogP contribution in [0.15, 0.2) is 66.7 Å². The summed E-state index contributed by atoms with van der Waals surface area (Å²) in [7, 11) is 0. The van der Waals surface area contributed by atoms with E-state index in [1.165, 1.54) is 0 Å². The van der Waals surface area contributed by atoms with Gasteiger partial charge in [-0.3, -0.25) is 4.79 Å².